The number of amides is 2. The number of nitrogens with one attached hydrogen (secondary N) is 2. The van der Waals surface area contributed by atoms with E-state index in [1.54, 1.807) is 35.9 Å². The first-order chi connectivity index (χ1) is 19.0. The van der Waals surface area contributed by atoms with Crippen LogP contribution in [0.2, 0.25) is 0 Å². The number of hydrogen-bond donors (Lipinski definition) is 2. The summed E-state index contributed by atoms with van der Waals surface area (Å²) in [5, 5.41) is 9.73. The summed E-state index contributed by atoms with van der Waals surface area (Å²) in [6.45, 7) is 1.42. The van der Waals surface area contributed by atoms with E-state index in [9.17, 15) is 14.4 Å². The van der Waals surface area contributed by atoms with Gasteiger partial charge in [0.2, 0.25) is 0 Å². The third-order valence-corrected chi connectivity index (χ3v) is 5.95. The molecule has 39 heavy (non-hydrogen) atoms. The lowest BCUT2D eigenvalue weighted by Crippen LogP contribution is -2.47. The van der Waals surface area contributed by atoms with Crippen LogP contribution < -0.4 is 10.6 Å². The van der Waals surface area contributed by atoms with Crippen molar-refractivity contribution in [1.29, 1.82) is 0 Å². The maximum atomic E-state index is 13.1. The van der Waals surface area contributed by atoms with Gasteiger partial charge >= 0.3 is 18.0 Å². The molecule has 4 aromatic rings. The second-order valence-corrected chi connectivity index (χ2v) is 8.50. The molecule has 0 bridgehead atoms. The number of urea groups is 1. The molecule has 1 aliphatic rings. The Morgan fingerprint density at radius 1 is 0.872 bits per heavy atom. The van der Waals surface area contributed by atoms with Gasteiger partial charge in [-0.05, 0) is 24.6 Å². The topological polar surface area (TPSA) is 124 Å². The van der Waals surface area contributed by atoms with Gasteiger partial charge in [-0.2, -0.15) is 0 Å². The van der Waals surface area contributed by atoms with Gasteiger partial charge in [-0.25, -0.2) is 24.0 Å². The summed E-state index contributed by atoms with van der Waals surface area (Å²) in [5.41, 5.74) is 2.41. The van der Waals surface area contributed by atoms with Crippen molar-refractivity contribution in [3.63, 3.8) is 0 Å². The molecule has 2 amide bonds. The molecule has 5 rings (SSSR count). The fourth-order valence-electron chi connectivity index (χ4n) is 4.20. The van der Waals surface area contributed by atoms with Crippen molar-refractivity contribution >= 4 is 18.0 Å². The average molecular weight is 524 g/mol. The van der Waals surface area contributed by atoms with Crippen LogP contribution in [0.25, 0.3) is 17.1 Å². The van der Waals surface area contributed by atoms with Gasteiger partial charge in [0.1, 0.15) is 6.61 Å². The molecule has 1 aromatic heterocycles. The monoisotopic (exact) mass is 523 g/mol. The molecule has 0 radical (unpaired) electrons. The van der Waals surface area contributed by atoms with Gasteiger partial charge in [-0.1, -0.05) is 78.9 Å². The first kappa shape index (κ1) is 25.4. The van der Waals surface area contributed by atoms with Crippen molar-refractivity contribution in [2.45, 2.75) is 13.0 Å². The normalized spacial score (nSPS) is 14.8. The Bertz CT molecular complexity index is 1460. The fourth-order valence-corrected chi connectivity index (χ4v) is 4.20. The van der Waals surface area contributed by atoms with Crippen molar-refractivity contribution in [3.05, 3.63) is 114 Å². The van der Waals surface area contributed by atoms with Crippen LogP contribution in [-0.4, -0.2) is 45.9 Å². The number of benzene rings is 3. The Morgan fingerprint density at radius 2 is 1.51 bits per heavy atom. The van der Waals surface area contributed by atoms with Crippen LogP contribution in [0.3, 0.4) is 0 Å². The molecule has 1 aliphatic heterocycles. The predicted octanol–water partition coefficient (Wildman–Crippen LogP) is 3.96. The highest BCUT2D eigenvalue weighted by Gasteiger charge is 2.34. The molecule has 2 N–H and O–H groups in total. The minimum absolute atomic E-state index is 0.116. The lowest BCUT2D eigenvalue weighted by Gasteiger charge is -2.29. The van der Waals surface area contributed by atoms with Crippen LogP contribution in [0.1, 0.15) is 29.1 Å². The summed E-state index contributed by atoms with van der Waals surface area (Å²) in [4.78, 5) is 43.0. The third-order valence-electron chi connectivity index (χ3n) is 5.95. The van der Waals surface area contributed by atoms with Crippen LogP contribution in [0.5, 0.6) is 0 Å². The summed E-state index contributed by atoms with van der Waals surface area (Å²) in [7, 11) is 0. The summed E-state index contributed by atoms with van der Waals surface area (Å²) in [5.74, 6) is -1.17. The number of carbonyl (C=O) groups excluding carboxylic acids is 3. The highest BCUT2D eigenvalue weighted by Crippen LogP contribution is 2.28. The molecule has 0 saturated carbocycles. The van der Waals surface area contributed by atoms with Gasteiger partial charge in [0.05, 0.1) is 29.6 Å². The van der Waals surface area contributed by atoms with E-state index in [-0.39, 0.29) is 23.7 Å². The molecule has 10 heteroatoms. The molecule has 0 aliphatic carbocycles. The Morgan fingerprint density at radius 3 is 2.18 bits per heavy atom. The zero-order valence-electron chi connectivity index (χ0n) is 21.0. The van der Waals surface area contributed by atoms with Crippen LogP contribution in [0, 0.1) is 0 Å². The number of rotatable bonds is 8. The largest absolute Gasteiger partial charge is 0.463 e. The zero-order chi connectivity index (χ0) is 27.2. The van der Waals surface area contributed by atoms with Gasteiger partial charge in [0.25, 0.3) is 5.82 Å². The smallest absolute Gasteiger partial charge is 0.378 e. The van der Waals surface area contributed by atoms with Crippen molar-refractivity contribution in [1.82, 2.24) is 25.4 Å². The minimum Gasteiger partial charge on any atom is -0.463 e. The second kappa shape index (κ2) is 11.4. The molecule has 2 heterocycles. The van der Waals surface area contributed by atoms with E-state index < -0.39 is 30.6 Å². The standard InChI is InChI=1S/C29H25N5O5/c1-2-38-27(35)23-22(30-29(37)31-24(23)19-12-6-3-7-13-19)18-39-28(36)25-32-26(20-14-8-4-9-15-20)34(33-25)21-16-10-5-11-17-21/h3-17,24H,2,18H2,1H3,(H2,30,31,37). The molecule has 196 valence electrons. The third kappa shape index (κ3) is 5.54. The summed E-state index contributed by atoms with van der Waals surface area (Å²) in [6.07, 6.45) is 0. The highest BCUT2D eigenvalue weighted by molar-refractivity contribution is 5.95. The minimum atomic E-state index is -0.818. The summed E-state index contributed by atoms with van der Waals surface area (Å²) < 4.78 is 12.3. The van der Waals surface area contributed by atoms with Gasteiger partial charge in [0.15, 0.2) is 5.82 Å². The predicted molar refractivity (Wildman–Crippen MR) is 142 cm³/mol. The quantitative estimate of drug-likeness (QED) is 0.335. The molecule has 1 atom stereocenters. The maximum Gasteiger partial charge on any atom is 0.378 e. The van der Waals surface area contributed by atoms with Gasteiger partial charge in [-0.3, -0.25) is 0 Å². The lowest BCUT2D eigenvalue weighted by molar-refractivity contribution is -0.139. The van der Waals surface area contributed by atoms with Crippen LogP contribution >= 0.6 is 0 Å². The Balaban J connectivity index is 1.46. The van der Waals surface area contributed by atoms with Gasteiger partial charge < -0.3 is 20.1 Å². The van der Waals surface area contributed by atoms with Crippen LogP contribution in [0.4, 0.5) is 4.79 Å². The molecular weight excluding hydrogens is 498 g/mol. The highest BCUT2D eigenvalue weighted by atomic mass is 16.5. The van der Waals surface area contributed by atoms with Crippen molar-refractivity contribution in [2.24, 2.45) is 0 Å². The molecule has 0 saturated heterocycles. The van der Waals surface area contributed by atoms with Crippen molar-refractivity contribution in [2.75, 3.05) is 13.2 Å². The second-order valence-electron chi connectivity index (χ2n) is 8.50. The molecule has 0 fully saturated rings. The molecular formula is C29H25N5O5. The van der Waals surface area contributed by atoms with Gasteiger partial charge in [-0.15, -0.1) is 5.10 Å². The van der Waals surface area contributed by atoms with E-state index >= 15 is 0 Å². The van der Waals surface area contributed by atoms with E-state index in [0.29, 0.717) is 17.1 Å². The number of para-hydroxylation sites is 1. The first-order valence-corrected chi connectivity index (χ1v) is 12.3. The van der Waals surface area contributed by atoms with Crippen LogP contribution in [0.15, 0.2) is 102 Å². The number of hydrogen-bond acceptors (Lipinski definition) is 7. The molecule has 3 aromatic carbocycles. The number of esters is 2. The maximum absolute atomic E-state index is 13.1. The van der Waals surface area contributed by atoms with E-state index in [0.717, 1.165) is 5.56 Å². The SMILES string of the molecule is CCOC(=O)C1=C(COC(=O)c2nc(-c3ccccc3)n(-c3ccccc3)n2)NC(=O)NC1c1ccccc1. The lowest BCUT2D eigenvalue weighted by atomic mass is 9.95. The van der Waals surface area contributed by atoms with E-state index in [2.05, 4.69) is 20.7 Å². The molecule has 10 nitrogen and oxygen atoms in total. The van der Waals surface area contributed by atoms with Crippen molar-refractivity contribution < 1.29 is 23.9 Å². The summed E-state index contributed by atoms with van der Waals surface area (Å²) in [6, 6.07) is 26.3. The van der Waals surface area contributed by atoms with Crippen molar-refractivity contribution in [3.8, 4) is 17.1 Å². The summed E-state index contributed by atoms with van der Waals surface area (Å²) >= 11 is 0. The number of ether oxygens (including phenoxy) is 2. The first-order valence-electron chi connectivity index (χ1n) is 12.3. The number of aromatic nitrogens is 3. The molecule has 0 spiro atoms. The van der Waals surface area contributed by atoms with E-state index in [4.69, 9.17) is 9.47 Å². The fraction of sp³-hybridized carbons (Fsp3) is 0.138. The Kier molecular flexibility index (Phi) is 7.44. The Labute approximate surface area is 224 Å². The van der Waals surface area contributed by atoms with E-state index in [1.807, 2.05) is 66.7 Å². The average Bonchev–Trinajstić information content (AvgIpc) is 3.43. The number of carbonyl (C=O) groups is 3. The van der Waals surface area contributed by atoms with E-state index in [1.165, 1.54) is 0 Å². The Hall–Kier alpha value is -5.25. The number of nitrogens with zero attached hydrogens (tertiary/aromatic N) is 3. The van der Waals surface area contributed by atoms with Crippen LogP contribution in [-0.2, 0) is 14.3 Å². The zero-order valence-corrected chi connectivity index (χ0v) is 21.0. The molecule has 1 unspecified atom stereocenters. The van der Waals surface area contributed by atoms with Gasteiger partial charge in [0, 0.05) is 5.56 Å².